The van der Waals surface area contributed by atoms with Crippen molar-refractivity contribution in [3.8, 4) is 6.07 Å². The fourth-order valence-corrected chi connectivity index (χ4v) is 1.03. The van der Waals surface area contributed by atoms with Crippen molar-refractivity contribution >= 4 is 6.08 Å². The molecule has 66 valence electrons. The Hall–Kier alpha value is -1.59. The van der Waals surface area contributed by atoms with Crippen molar-refractivity contribution in [1.82, 2.24) is 0 Å². The van der Waals surface area contributed by atoms with Crippen molar-refractivity contribution in [2.45, 2.75) is 6.42 Å². The van der Waals surface area contributed by atoms with Crippen LogP contribution in [0.5, 0.6) is 0 Å². The molecular formula is C11H11NO. The maximum atomic E-state index is 8.74. The molecule has 0 radical (unpaired) electrons. The molecule has 0 aliphatic heterocycles. The minimum absolute atomic E-state index is 0.144. The minimum Gasteiger partial charge on any atom is -0.396 e. The largest absolute Gasteiger partial charge is 0.396 e. The summed E-state index contributed by atoms with van der Waals surface area (Å²) in [5, 5.41) is 17.3. The predicted molar refractivity (Wildman–Crippen MR) is 51.9 cm³/mol. The first-order valence-electron chi connectivity index (χ1n) is 4.15. The van der Waals surface area contributed by atoms with Crippen LogP contribution >= 0.6 is 0 Å². The molecule has 0 unspecified atom stereocenters. The van der Waals surface area contributed by atoms with Crippen LogP contribution in [-0.4, -0.2) is 11.7 Å². The Balaban J connectivity index is 2.82. The third kappa shape index (κ3) is 2.73. The second-order valence-corrected chi connectivity index (χ2v) is 2.61. The zero-order valence-electron chi connectivity index (χ0n) is 7.27. The third-order valence-corrected chi connectivity index (χ3v) is 1.67. The van der Waals surface area contributed by atoms with Gasteiger partial charge in [-0.15, -0.1) is 0 Å². The molecule has 2 nitrogen and oxygen atoms in total. The highest BCUT2D eigenvalue weighted by molar-refractivity contribution is 5.57. The van der Waals surface area contributed by atoms with Crippen molar-refractivity contribution in [2.24, 2.45) is 0 Å². The van der Waals surface area contributed by atoms with E-state index in [4.69, 9.17) is 10.4 Å². The number of hydrogen-bond acceptors (Lipinski definition) is 2. The Kier molecular flexibility index (Phi) is 3.74. The standard InChI is InChI=1S/C11H11NO/c12-9-11-7-2-1-5-10(11)6-3-4-8-13/h1-3,5-7,13H,4,8H2. The van der Waals surface area contributed by atoms with Gasteiger partial charge in [0.1, 0.15) is 0 Å². The molecule has 0 bridgehead atoms. The van der Waals surface area contributed by atoms with Gasteiger partial charge in [-0.1, -0.05) is 30.4 Å². The normalized spacial score (nSPS) is 10.2. The Morgan fingerprint density at radius 3 is 2.85 bits per heavy atom. The summed E-state index contributed by atoms with van der Waals surface area (Å²) in [7, 11) is 0. The van der Waals surface area contributed by atoms with E-state index < -0.39 is 0 Å². The lowest BCUT2D eigenvalue weighted by molar-refractivity contribution is 0.303. The average molecular weight is 173 g/mol. The predicted octanol–water partition coefficient (Wildman–Crippen LogP) is 1.95. The summed E-state index contributed by atoms with van der Waals surface area (Å²) in [4.78, 5) is 0. The molecule has 0 saturated carbocycles. The van der Waals surface area contributed by atoms with Crippen molar-refractivity contribution in [3.05, 3.63) is 41.5 Å². The Bertz CT molecular complexity index is 336. The van der Waals surface area contributed by atoms with E-state index in [-0.39, 0.29) is 6.61 Å². The summed E-state index contributed by atoms with van der Waals surface area (Å²) in [6, 6.07) is 9.49. The van der Waals surface area contributed by atoms with Crippen LogP contribution in [0.1, 0.15) is 17.5 Å². The van der Waals surface area contributed by atoms with E-state index in [1.165, 1.54) is 0 Å². The second kappa shape index (κ2) is 5.13. The van der Waals surface area contributed by atoms with Gasteiger partial charge in [-0.3, -0.25) is 0 Å². The Labute approximate surface area is 77.8 Å². The summed E-state index contributed by atoms with van der Waals surface area (Å²) in [6.45, 7) is 0.144. The van der Waals surface area contributed by atoms with Crippen molar-refractivity contribution < 1.29 is 5.11 Å². The van der Waals surface area contributed by atoms with Gasteiger partial charge < -0.3 is 5.11 Å². The lowest BCUT2D eigenvalue weighted by Gasteiger charge is -1.95. The lowest BCUT2D eigenvalue weighted by Crippen LogP contribution is -1.81. The number of hydrogen-bond donors (Lipinski definition) is 1. The molecule has 1 aromatic carbocycles. The van der Waals surface area contributed by atoms with Gasteiger partial charge in [0.05, 0.1) is 11.6 Å². The van der Waals surface area contributed by atoms with E-state index in [0.29, 0.717) is 12.0 Å². The number of aliphatic hydroxyl groups excluding tert-OH is 1. The highest BCUT2D eigenvalue weighted by atomic mass is 16.2. The maximum Gasteiger partial charge on any atom is 0.0997 e. The number of nitriles is 1. The van der Waals surface area contributed by atoms with Gasteiger partial charge in [0.15, 0.2) is 0 Å². The van der Waals surface area contributed by atoms with E-state index in [1.54, 1.807) is 6.07 Å². The second-order valence-electron chi connectivity index (χ2n) is 2.61. The number of rotatable bonds is 3. The molecule has 0 amide bonds. The molecule has 1 N–H and O–H groups in total. The zero-order chi connectivity index (χ0) is 9.52. The van der Waals surface area contributed by atoms with Gasteiger partial charge in [-0.2, -0.15) is 5.26 Å². The van der Waals surface area contributed by atoms with Crippen LogP contribution in [0.2, 0.25) is 0 Å². The smallest absolute Gasteiger partial charge is 0.0997 e. The number of nitrogens with zero attached hydrogens (tertiary/aromatic N) is 1. The van der Waals surface area contributed by atoms with Gasteiger partial charge in [-0.25, -0.2) is 0 Å². The van der Waals surface area contributed by atoms with Crippen molar-refractivity contribution in [1.29, 1.82) is 5.26 Å². The Morgan fingerprint density at radius 1 is 1.38 bits per heavy atom. The van der Waals surface area contributed by atoms with Crippen molar-refractivity contribution in [3.63, 3.8) is 0 Å². The molecule has 1 rings (SSSR count). The number of benzene rings is 1. The number of aliphatic hydroxyl groups is 1. The van der Waals surface area contributed by atoms with Crippen LogP contribution in [0.3, 0.4) is 0 Å². The van der Waals surface area contributed by atoms with Crippen LogP contribution in [-0.2, 0) is 0 Å². The van der Waals surface area contributed by atoms with Gasteiger partial charge >= 0.3 is 0 Å². The molecule has 0 saturated heterocycles. The molecule has 0 aliphatic rings. The van der Waals surface area contributed by atoms with Gasteiger partial charge in [-0.05, 0) is 18.1 Å². The summed E-state index contributed by atoms with van der Waals surface area (Å²) in [5.74, 6) is 0. The lowest BCUT2D eigenvalue weighted by atomic mass is 10.1. The van der Waals surface area contributed by atoms with E-state index in [9.17, 15) is 0 Å². The van der Waals surface area contributed by atoms with Crippen LogP contribution in [0.15, 0.2) is 30.3 Å². The first kappa shape index (κ1) is 9.50. The first-order chi connectivity index (χ1) is 6.38. The monoisotopic (exact) mass is 173 g/mol. The molecule has 0 spiro atoms. The molecule has 0 aromatic heterocycles. The topological polar surface area (TPSA) is 44.0 Å². The van der Waals surface area contributed by atoms with E-state index in [1.807, 2.05) is 30.4 Å². The quantitative estimate of drug-likeness (QED) is 0.759. The Morgan fingerprint density at radius 2 is 2.15 bits per heavy atom. The maximum absolute atomic E-state index is 8.74. The SMILES string of the molecule is N#Cc1ccccc1C=CCCO. The highest BCUT2D eigenvalue weighted by Gasteiger charge is 1.94. The minimum atomic E-state index is 0.144. The highest BCUT2D eigenvalue weighted by Crippen LogP contribution is 2.09. The molecule has 0 fully saturated rings. The average Bonchev–Trinajstić information content (AvgIpc) is 2.19. The molecule has 0 atom stereocenters. The molecule has 0 aliphatic carbocycles. The summed E-state index contributed by atoms with van der Waals surface area (Å²) in [6.07, 6.45) is 4.34. The van der Waals surface area contributed by atoms with Crippen LogP contribution < -0.4 is 0 Å². The van der Waals surface area contributed by atoms with Gasteiger partial charge in [0.2, 0.25) is 0 Å². The van der Waals surface area contributed by atoms with Gasteiger partial charge in [0, 0.05) is 6.61 Å². The molecule has 13 heavy (non-hydrogen) atoms. The van der Waals surface area contributed by atoms with Crippen LogP contribution in [0.25, 0.3) is 6.08 Å². The van der Waals surface area contributed by atoms with Crippen LogP contribution in [0, 0.1) is 11.3 Å². The molecular weight excluding hydrogens is 162 g/mol. The summed E-state index contributed by atoms with van der Waals surface area (Å²) >= 11 is 0. The van der Waals surface area contributed by atoms with Gasteiger partial charge in [0.25, 0.3) is 0 Å². The third-order valence-electron chi connectivity index (χ3n) is 1.67. The van der Waals surface area contributed by atoms with E-state index >= 15 is 0 Å². The van der Waals surface area contributed by atoms with Crippen molar-refractivity contribution in [2.75, 3.05) is 6.61 Å². The fraction of sp³-hybridized carbons (Fsp3) is 0.182. The van der Waals surface area contributed by atoms with E-state index in [2.05, 4.69) is 6.07 Å². The fourth-order valence-electron chi connectivity index (χ4n) is 1.03. The summed E-state index contributed by atoms with van der Waals surface area (Å²) < 4.78 is 0. The van der Waals surface area contributed by atoms with E-state index in [0.717, 1.165) is 5.56 Å². The molecule has 0 heterocycles. The first-order valence-corrected chi connectivity index (χ1v) is 4.15. The summed E-state index contributed by atoms with van der Waals surface area (Å²) in [5.41, 5.74) is 1.56. The molecule has 1 aromatic rings. The molecule has 2 heteroatoms. The zero-order valence-corrected chi connectivity index (χ0v) is 7.27. The van der Waals surface area contributed by atoms with Crippen LogP contribution in [0.4, 0.5) is 0 Å².